The fraction of sp³-hybridized carbons (Fsp3) is 0.182. The van der Waals surface area contributed by atoms with E-state index in [1.165, 1.54) is 36.1 Å². The van der Waals surface area contributed by atoms with Gasteiger partial charge in [0.15, 0.2) is 10.2 Å². The van der Waals surface area contributed by atoms with Crippen LogP contribution in [0, 0.1) is 0 Å². The van der Waals surface area contributed by atoms with Crippen molar-refractivity contribution in [3.63, 3.8) is 0 Å². The third kappa shape index (κ3) is 3.83. The van der Waals surface area contributed by atoms with Gasteiger partial charge in [-0.15, -0.1) is 11.3 Å². The van der Waals surface area contributed by atoms with Gasteiger partial charge in [0.2, 0.25) is 11.7 Å². The Balaban J connectivity index is 1.92. The van der Waals surface area contributed by atoms with Crippen LogP contribution in [0.3, 0.4) is 0 Å². The number of carboxylic acids is 1. The molecule has 0 unspecified atom stereocenters. The van der Waals surface area contributed by atoms with Gasteiger partial charge in [0.05, 0.1) is 5.69 Å². The number of aromatic carboxylic acids is 1. The van der Waals surface area contributed by atoms with Crippen LogP contribution in [-0.2, 0) is 10.5 Å². The summed E-state index contributed by atoms with van der Waals surface area (Å²) in [6, 6.07) is 3.02. The Bertz CT molecular complexity index is 605. The molecule has 0 atom stereocenters. The van der Waals surface area contributed by atoms with E-state index in [1.54, 1.807) is 6.07 Å². The molecule has 0 aliphatic heterocycles. The normalized spacial score (nSPS) is 10.4. The first-order chi connectivity index (χ1) is 9.04. The second-order valence-electron chi connectivity index (χ2n) is 3.54. The van der Waals surface area contributed by atoms with Crippen molar-refractivity contribution in [2.75, 3.05) is 5.32 Å². The third-order valence-corrected chi connectivity index (χ3v) is 3.74. The number of carbonyl (C=O) groups is 2. The van der Waals surface area contributed by atoms with Crippen molar-refractivity contribution < 1.29 is 19.1 Å². The number of aromatic nitrogens is 1. The third-order valence-electron chi connectivity index (χ3n) is 1.99. The Hall–Kier alpha value is -1.80. The second-order valence-corrected chi connectivity index (χ2v) is 5.38. The number of hydrogen-bond acceptors (Lipinski definition) is 6. The van der Waals surface area contributed by atoms with Gasteiger partial charge in [-0.1, -0.05) is 11.8 Å². The number of anilines is 1. The standard InChI is InChI=1S/C11H10N2O4S2/c1-6(14)12-11-13-7(5-19-11)4-18-9-3-2-8(17-9)10(15)16/h2-3,5H,4H2,1H3,(H,15,16)(H,12,13,14). The summed E-state index contributed by atoms with van der Waals surface area (Å²) < 4.78 is 5.11. The number of rotatable bonds is 5. The summed E-state index contributed by atoms with van der Waals surface area (Å²) in [5.74, 6) is -0.790. The minimum Gasteiger partial charge on any atom is -0.475 e. The SMILES string of the molecule is CC(=O)Nc1nc(CSc2ccc(C(=O)O)o2)cs1. The first kappa shape index (κ1) is 13.6. The summed E-state index contributed by atoms with van der Waals surface area (Å²) in [7, 11) is 0. The van der Waals surface area contributed by atoms with Gasteiger partial charge in [-0.05, 0) is 12.1 Å². The predicted octanol–water partition coefficient (Wildman–Crippen LogP) is 2.69. The van der Waals surface area contributed by atoms with Gasteiger partial charge in [0, 0.05) is 18.1 Å². The molecule has 2 heterocycles. The average molecular weight is 298 g/mol. The molecule has 1 amide bonds. The number of amides is 1. The first-order valence-electron chi connectivity index (χ1n) is 5.22. The highest BCUT2D eigenvalue weighted by Gasteiger charge is 2.10. The molecule has 2 aromatic rings. The molecule has 0 aromatic carbocycles. The predicted molar refractivity (Wildman–Crippen MR) is 71.6 cm³/mol. The van der Waals surface area contributed by atoms with Crippen molar-refractivity contribution in [1.29, 1.82) is 0 Å². The maximum Gasteiger partial charge on any atom is 0.371 e. The molecule has 0 aliphatic carbocycles. The van der Waals surface area contributed by atoms with Crippen molar-refractivity contribution >= 4 is 40.1 Å². The van der Waals surface area contributed by atoms with Gasteiger partial charge < -0.3 is 14.8 Å². The fourth-order valence-corrected chi connectivity index (χ4v) is 2.85. The lowest BCUT2D eigenvalue weighted by molar-refractivity contribution is -0.114. The number of thiazole rings is 1. The van der Waals surface area contributed by atoms with E-state index in [0.717, 1.165) is 5.69 Å². The van der Waals surface area contributed by atoms with Crippen LogP contribution in [0.1, 0.15) is 23.2 Å². The lowest BCUT2D eigenvalue weighted by Gasteiger charge is -1.95. The van der Waals surface area contributed by atoms with Crippen LogP contribution in [-0.4, -0.2) is 22.0 Å². The number of furan rings is 1. The first-order valence-corrected chi connectivity index (χ1v) is 7.09. The highest BCUT2D eigenvalue weighted by Crippen LogP contribution is 2.26. The van der Waals surface area contributed by atoms with E-state index in [0.29, 0.717) is 16.0 Å². The van der Waals surface area contributed by atoms with E-state index < -0.39 is 5.97 Å². The van der Waals surface area contributed by atoms with Crippen molar-refractivity contribution in [2.45, 2.75) is 17.8 Å². The molecule has 8 heteroatoms. The van der Waals surface area contributed by atoms with Gasteiger partial charge in [0.25, 0.3) is 0 Å². The average Bonchev–Trinajstić information content (AvgIpc) is 2.94. The van der Waals surface area contributed by atoms with Crippen LogP contribution in [0.15, 0.2) is 27.0 Å². The van der Waals surface area contributed by atoms with Crippen LogP contribution in [0.5, 0.6) is 0 Å². The van der Waals surface area contributed by atoms with E-state index in [4.69, 9.17) is 9.52 Å². The molecule has 0 saturated carbocycles. The van der Waals surface area contributed by atoms with Crippen molar-refractivity contribution in [2.24, 2.45) is 0 Å². The minimum absolute atomic E-state index is 0.0836. The second kappa shape index (κ2) is 5.89. The molecule has 6 nitrogen and oxygen atoms in total. The number of nitrogens with zero attached hydrogens (tertiary/aromatic N) is 1. The zero-order chi connectivity index (χ0) is 13.8. The monoisotopic (exact) mass is 298 g/mol. The molecule has 0 spiro atoms. The highest BCUT2D eigenvalue weighted by molar-refractivity contribution is 7.98. The Labute approximate surface area is 116 Å². The van der Waals surface area contributed by atoms with Crippen LogP contribution in [0.2, 0.25) is 0 Å². The molecule has 2 aromatic heterocycles. The van der Waals surface area contributed by atoms with Crippen molar-refractivity contribution in [3.8, 4) is 0 Å². The molecule has 19 heavy (non-hydrogen) atoms. The molecule has 0 radical (unpaired) electrons. The van der Waals surface area contributed by atoms with Gasteiger partial charge >= 0.3 is 5.97 Å². The molecule has 2 rings (SSSR count). The molecular weight excluding hydrogens is 288 g/mol. The molecule has 0 bridgehead atoms. The molecule has 0 fully saturated rings. The number of carboxylic acid groups (broad SMARTS) is 1. The molecule has 0 saturated heterocycles. The summed E-state index contributed by atoms with van der Waals surface area (Å²) in [6.07, 6.45) is 0. The summed E-state index contributed by atoms with van der Waals surface area (Å²) in [6.45, 7) is 1.42. The lowest BCUT2D eigenvalue weighted by Crippen LogP contribution is -2.05. The number of nitrogens with one attached hydrogen (secondary N) is 1. The summed E-state index contributed by atoms with van der Waals surface area (Å²) in [5.41, 5.74) is 0.798. The Morgan fingerprint density at radius 1 is 1.53 bits per heavy atom. The number of thioether (sulfide) groups is 1. The van der Waals surface area contributed by atoms with Crippen LogP contribution >= 0.6 is 23.1 Å². The maximum atomic E-state index is 10.8. The summed E-state index contributed by atoms with van der Waals surface area (Å²) in [4.78, 5) is 25.7. The summed E-state index contributed by atoms with van der Waals surface area (Å²) in [5, 5.41) is 14.2. The molecule has 0 aliphatic rings. The van der Waals surface area contributed by atoms with E-state index in [1.807, 2.05) is 5.38 Å². The van der Waals surface area contributed by atoms with Gasteiger partial charge in [-0.2, -0.15) is 0 Å². The summed E-state index contributed by atoms with van der Waals surface area (Å²) >= 11 is 2.69. The minimum atomic E-state index is -1.09. The highest BCUT2D eigenvalue weighted by atomic mass is 32.2. The van der Waals surface area contributed by atoms with E-state index in [2.05, 4.69) is 10.3 Å². The van der Waals surface area contributed by atoms with Crippen molar-refractivity contribution in [3.05, 3.63) is 29.0 Å². The Morgan fingerprint density at radius 3 is 2.95 bits per heavy atom. The van der Waals surface area contributed by atoms with Gasteiger partial charge in [-0.25, -0.2) is 9.78 Å². The maximum absolute atomic E-state index is 10.8. The van der Waals surface area contributed by atoms with Crippen LogP contribution < -0.4 is 5.32 Å². The largest absolute Gasteiger partial charge is 0.475 e. The Kier molecular flexibility index (Phi) is 4.23. The lowest BCUT2D eigenvalue weighted by atomic mass is 10.5. The Morgan fingerprint density at radius 2 is 2.32 bits per heavy atom. The smallest absolute Gasteiger partial charge is 0.371 e. The topological polar surface area (TPSA) is 92.4 Å². The zero-order valence-corrected chi connectivity index (χ0v) is 11.5. The fourth-order valence-electron chi connectivity index (χ4n) is 1.24. The quantitative estimate of drug-likeness (QED) is 0.824. The zero-order valence-electron chi connectivity index (χ0n) is 9.87. The van der Waals surface area contributed by atoms with Crippen molar-refractivity contribution in [1.82, 2.24) is 4.98 Å². The van der Waals surface area contributed by atoms with Crippen LogP contribution in [0.4, 0.5) is 5.13 Å². The number of hydrogen-bond donors (Lipinski definition) is 2. The molecular formula is C11H10N2O4S2. The van der Waals surface area contributed by atoms with E-state index in [9.17, 15) is 9.59 Å². The van der Waals surface area contributed by atoms with E-state index >= 15 is 0 Å². The van der Waals surface area contributed by atoms with E-state index in [-0.39, 0.29) is 11.7 Å². The van der Waals surface area contributed by atoms with Gasteiger partial charge in [0.1, 0.15) is 0 Å². The van der Waals surface area contributed by atoms with Gasteiger partial charge in [-0.3, -0.25) is 4.79 Å². The van der Waals surface area contributed by atoms with Crippen LogP contribution in [0.25, 0.3) is 0 Å². The number of carbonyl (C=O) groups excluding carboxylic acids is 1. The molecule has 100 valence electrons. The molecule has 2 N–H and O–H groups in total.